The van der Waals surface area contributed by atoms with Crippen molar-refractivity contribution < 1.29 is 28.6 Å². The number of aliphatic hydroxyl groups is 1. The van der Waals surface area contributed by atoms with Crippen molar-refractivity contribution in [3.63, 3.8) is 0 Å². The number of fused-ring (bicyclic) bond motifs is 1. The van der Waals surface area contributed by atoms with E-state index in [0.717, 1.165) is 48.8 Å². The van der Waals surface area contributed by atoms with Gasteiger partial charge in [-0.3, -0.25) is 4.79 Å². The van der Waals surface area contributed by atoms with E-state index < -0.39 is 30.1 Å². The second-order valence-electron chi connectivity index (χ2n) is 14.2. The van der Waals surface area contributed by atoms with E-state index in [-0.39, 0.29) is 18.9 Å². The standard InChI is InChI=1S/C39H52O6/c1-25(2)18-32(19-26(3)4)14-16-33-22-39(23-40,45-38(33)42)24-43-37(41)29(7)28(6)36-21-34-20-31(15-17-35(34)44-36)13-12-30-10-8-27(5)9-11-30/h8-11,15-17,20-21,25-26,28-29,32,40H,12-14,18-19,22-24H2,1-7H3/b33-16+/t28-,29+,39+/m0/s1. The highest BCUT2D eigenvalue weighted by atomic mass is 16.6. The van der Waals surface area contributed by atoms with Gasteiger partial charge in [0, 0.05) is 23.3 Å². The summed E-state index contributed by atoms with van der Waals surface area (Å²) in [5.74, 6) is 0.777. The Morgan fingerprint density at radius 2 is 1.60 bits per heavy atom. The molecule has 0 spiro atoms. The van der Waals surface area contributed by atoms with Crippen LogP contribution in [0.2, 0.25) is 0 Å². The first-order valence-corrected chi connectivity index (χ1v) is 16.7. The maximum Gasteiger partial charge on any atom is 0.334 e. The number of hydrogen-bond acceptors (Lipinski definition) is 6. The minimum Gasteiger partial charge on any atom is -0.461 e. The van der Waals surface area contributed by atoms with Gasteiger partial charge >= 0.3 is 11.9 Å². The van der Waals surface area contributed by atoms with Gasteiger partial charge in [0.15, 0.2) is 5.60 Å². The van der Waals surface area contributed by atoms with Crippen LogP contribution in [0.15, 0.2) is 64.6 Å². The van der Waals surface area contributed by atoms with Crippen LogP contribution in [0.4, 0.5) is 0 Å². The number of allylic oxidation sites excluding steroid dienone is 1. The Labute approximate surface area is 269 Å². The van der Waals surface area contributed by atoms with E-state index in [1.807, 2.05) is 32.1 Å². The summed E-state index contributed by atoms with van der Waals surface area (Å²) in [7, 11) is 0. The smallest absolute Gasteiger partial charge is 0.334 e. The molecule has 0 unspecified atom stereocenters. The van der Waals surface area contributed by atoms with Crippen LogP contribution in [0.25, 0.3) is 11.0 Å². The lowest BCUT2D eigenvalue weighted by Crippen LogP contribution is -2.40. The summed E-state index contributed by atoms with van der Waals surface area (Å²) in [6, 6.07) is 16.9. The third-order valence-electron chi connectivity index (χ3n) is 9.15. The van der Waals surface area contributed by atoms with Gasteiger partial charge < -0.3 is 19.0 Å². The Balaban J connectivity index is 1.34. The fraction of sp³-hybridized carbons (Fsp3) is 0.538. The number of aryl methyl sites for hydroxylation is 3. The number of rotatable bonds is 15. The van der Waals surface area contributed by atoms with Crippen molar-refractivity contribution in [2.45, 2.75) is 98.5 Å². The van der Waals surface area contributed by atoms with Crippen molar-refractivity contribution >= 4 is 22.9 Å². The molecule has 1 saturated heterocycles. The number of hydrogen-bond donors (Lipinski definition) is 1. The zero-order chi connectivity index (χ0) is 32.7. The highest BCUT2D eigenvalue weighted by Gasteiger charge is 2.45. The van der Waals surface area contributed by atoms with E-state index in [9.17, 15) is 14.7 Å². The quantitative estimate of drug-likeness (QED) is 0.136. The van der Waals surface area contributed by atoms with Gasteiger partial charge in [0.05, 0.1) is 12.5 Å². The summed E-state index contributed by atoms with van der Waals surface area (Å²) in [5, 5.41) is 11.2. The largest absolute Gasteiger partial charge is 0.461 e. The molecule has 4 rings (SSSR count). The van der Waals surface area contributed by atoms with Crippen molar-refractivity contribution in [3.05, 3.63) is 82.6 Å². The normalized spacial score (nSPS) is 19.2. The number of esters is 2. The topological polar surface area (TPSA) is 86.0 Å². The first-order valence-electron chi connectivity index (χ1n) is 16.7. The van der Waals surface area contributed by atoms with Crippen LogP contribution < -0.4 is 0 Å². The highest BCUT2D eigenvalue weighted by Crippen LogP contribution is 2.35. The van der Waals surface area contributed by atoms with Crippen LogP contribution in [0, 0.1) is 30.6 Å². The summed E-state index contributed by atoms with van der Waals surface area (Å²) in [6.07, 6.45) is 7.08. The predicted octanol–water partition coefficient (Wildman–Crippen LogP) is 8.51. The van der Waals surface area contributed by atoms with E-state index in [4.69, 9.17) is 13.9 Å². The minimum atomic E-state index is -1.25. The summed E-state index contributed by atoms with van der Waals surface area (Å²) >= 11 is 0. The lowest BCUT2D eigenvalue weighted by molar-refractivity contribution is -0.168. The molecule has 6 heteroatoms. The molecule has 1 aliphatic rings. The molecule has 1 aliphatic heterocycles. The summed E-state index contributed by atoms with van der Waals surface area (Å²) < 4.78 is 17.5. The molecule has 244 valence electrons. The Hall–Kier alpha value is -3.38. The van der Waals surface area contributed by atoms with Gasteiger partial charge in [-0.15, -0.1) is 0 Å². The molecule has 3 aromatic rings. The molecular weight excluding hydrogens is 564 g/mol. The monoisotopic (exact) mass is 616 g/mol. The predicted molar refractivity (Wildman–Crippen MR) is 179 cm³/mol. The third kappa shape index (κ3) is 9.32. The number of carbonyl (C=O) groups is 2. The van der Waals surface area contributed by atoms with Gasteiger partial charge in [0.25, 0.3) is 0 Å². The van der Waals surface area contributed by atoms with Crippen molar-refractivity contribution in [2.75, 3.05) is 13.2 Å². The Morgan fingerprint density at radius 1 is 0.956 bits per heavy atom. The zero-order valence-electron chi connectivity index (χ0n) is 28.2. The molecular formula is C39H52O6. The highest BCUT2D eigenvalue weighted by molar-refractivity contribution is 5.91. The summed E-state index contributed by atoms with van der Waals surface area (Å²) in [4.78, 5) is 25.9. The van der Waals surface area contributed by atoms with Gasteiger partial charge in [0.1, 0.15) is 18.0 Å². The van der Waals surface area contributed by atoms with Gasteiger partial charge in [-0.05, 0) is 86.1 Å². The maximum absolute atomic E-state index is 13.2. The van der Waals surface area contributed by atoms with Crippen LogP contribution in [0.1, 0.15) is 95.6 Å². The second kappa shape index (κ2) is 15.3. The van der Waals surface area contributed by atoms with E-state index in [1.54, 1.807) is 0 Å². The number of furan rings is 1. The molecule has 1 N–H and O–H groups in total. The molecule has 45 heavy (non-hydrogen) atoms. The molecule has 1 aromatic heterocycles. The van der Waals surface area contributed by atoms with E-state index in [1.165, 1.54) is 16.7 Å². The first kappa shape index (κ1) is 34.5. The Bertz CT molecular complexity index is 1450. The molecule has 0 saturated carbocycles. The zero-order valence-corrected chi connectivity index (χ0v) is 28.2. The van der Waals surface area contributed by atoms with Crippen LogP contribution in [-0.4, -0.2) is 35.9 Å². The molecule has 2 aromatic carbocycles. The first-order chi connectivity index (χ1) is 21.4. The molecule has 1 fully saturated rings. The third-order valence-corrected chi connectivity index (χ3v) is 9.15. The average Bonchev–Trinajstić information content (AvgIpc) is 3.57. The number of cyclic esters (lactones) is 1. The van der Waals surface area contributed by atoms with E-state index in [0.29, 0.717) is 23.3 Å². The van der Waals surface area contributed by atoms with Gasteiger partial charge in [0.2, 0.25) is 0 Å². The van der Waals surface area contributed by atoms with Crippen LogP contribution in [-0.2, 0) is 31.9 Å². The van der Waals surface area contributed by atoms with Crippen LogP contribution >= 0.6 is 0 Å². The van der Waals surface area contributed by atoms with E-state index in [2.05, 4.69) is 71.0 Å². The minimum absolute atomic E-state index is 0.186. The molecule has 2 heterocycles. The molecule has 6 nitrogen and oxygen atoms in total. The molecule has 0 radical (unpaired) electrons. The summed E-state index contributed by atoms with van der Waals surface area (Å²) in [5.41, 5.74) is 3.91. The number of aliphatic hydroxyl groups excluding tert-OH is 1. The lowest BCUT2D eigenvalue weighted by atomic mass is 9.86. The van der Waals surface area contributed by atoms with Gasteiger partial charge in [-0.1, -0.05) is 83.5 Å². The Morgan fingerprint density at radius 3 is 2.24 bits per heavy atom. The average molecular weight is 617 g/mol. The van der Waals surface area contributed by atoms with Crippen LogP contribution in [0.5, 0.6) is 0 Å². The second-order valence-corrected chi connectivity index (χ2v) is 14.2. The van der Waals surface area contributed by atoms with Crippen molar-refractivity contribution in [2.24, 2.45) is 23.7 Å². The number of benzene rings is 2. The molecule has 0 aliphatic carbocycles. The van der Waals surface area contributed by atoms with Crippen molar-refractivity contribution in [3.8, 4) is 0 Å². The fourth-order valence-corrected chi connectivity index (χ4v) is 6.34. The number of ether oxygens (including phenoxy) is 2. The SMILES string of the molecule is Cc1ccc(CCc2ccc3oc([C@@H](C)[C@@H](C)C(=O)OC[C@]4(CO)C/C(=C\CC(CC(C)C)CC(C)C)C(=O)O4)cc3c2)cc1. The molecule has 0 bridgehead atoms. The van der Waals surface area contributed by atoms with Gasteiger partial charge in [-0.2, -0.15) is 0 Å². The van der Waals surface area contributed by atoms with E-state index >= 15 is 0 Å². The lowest BCUT2D eigenvalue weighted by Gasteiger charge is -2.25. The maximum atomic E-state index is 13.2. The summed E-state index contributed by atoms with van der Waals surface area (Å²) in [6.45, 7) is 14.1. The Kier molecular flexibility index (Phi) is 11.7. The molecule has 3 atom stereocenters. The van der Waals surface area contributed by atoms with Crippen molar-refractivity contribution in [1.29, 1.82) is 0 Å². The number of carbonyl (C=O) groups excluding carboxylic acids is 2. The fourth-order valence-electron chi connectivity index (χ4n) is 6.34. The van der Waals surface area contributed by atoms with Crippen molar-refractivity contribution in [1.82, 2.24) is 0 Å². The van der Waals surface area contributed by atoms with Crippen LogP contribution in [0.3, 0.4) is 0 Å². The van der Waals surface area contributed by atoms with Gasteiger partial charge in [-0.25, -0.2) is 4.79 Å². The molecule has 0 amide bonds.